The molecule has 0 aromatic carbocycles. The molecule has 4 aliphatic carbocycles. The number of thiophene rings is 1. The smallest absolute Gasteiger partial charge is 0.0352 e. The molecule has 0 saturated heterocycles. The summed E-state index contributed by atoms with van der Waals surface area (Å²) in [6.45, 7) is 18.2. The van der Waals surface area contributed by atoms with Crippen LogP contribution in [0.5, 0.6) is 0 Å². The van der Waals surface area contributed by atoms with E-state index in [0.29, 0.717) is 11.8 Å². The minimum absolute atomic E-state index is 0.520. The predicted molar refractivity (Wildman–Crippen MR) is 156 cm³/mol. The predicted octanol–water partition coefficient (Wildman–Crippen LogP) is 10.8. The molecule has 0 unspecified atom stereocenters. The molecule has 0 spiro atoms. The first-order chi connectivity index (χ1) is 16.7. The van der Waals surface area contributed by atoms with Crippen molar-refractivity contribution < 1.29 is 0 Å². The molecule has 0 atom stereocenters. The number of fused-ring (bicyclic) bond motifs is 2. The molecule has 1 aromatic heterocycles. The SMILES string of the molecule is Cc1ccc(C(C)C)cc2c(C)c(-c3ccc(-c4cc5c(C)ccc(C(C)C)cc-5c4C)s3)cc1-2. The largest absolute Gasteiger partial charge is 0.135 e. The zero-order chi connectivity index (χ0) is 25.0. The van der Waals surface area contributed by atoms with Crippen molar-refractivity contribution in [2.75, 3.05) is 0 Å². The van der Waals surface area contributed by atoms with Gasteiger partial charge in [-0.3, -0.25) is 0 Å². The van der Waals surface area contributed by atoms with E-state index in [1.165, 1.54) is 76.5 Å². The first kappa shape index (κ1) is 23.8. The molecule has 0 saturated carbocycles. The molecule has 0 bridgehead atoms. The van der Waals surface area contributed by atoms with E-state index in [1.807, 2.05) is 11.3 Å². The van der Waals surface area contributed by atoms with Gasteiger partial charge >= 0.3 is 0 Å². The number of rotatable bonds is 4. The van der Waals surface area contributed by atoms with Crippen molar-refractivity contribution in [3.8, 4) is 43.1 Å². The van der Waals surface area contributed by atoms with E-state index in [-0.39, 0.29) is 0 Å². The molecule has 1 aromatic rings. The number of aryl methyl sites for hydroxylation is 2. The fourth-order valence-electron chi connectivity index (χ4n) is 5.29. The third-order valence-corrected chi connectivity index (χ3v) is 8.92. The molecule has 0 fully saturated rings. The molecular weight excluding hydrogens is 440 g/mol. The van der Waals surface area contributed by atoms with Gasteiger partial charge in [-0.15, -0.1) is 11.3 Å². The van der Waals surface area contributed by atoms with Crippen LogP contribution in [0.25, 0.3) is 43.1 Å². The van der Waals surface area contributed by atoms with Crippen LogP contribution >= 0.6 is 11.3 Å². The van der Waals surface area contributed by atoms with Crippen molar-refractivity contribution in [1.29, 1.82) is 0 Å². The Hall–Kier alpha value is -2.90. The fourth-order valence-corrected chi connectivity index (χ4v) is 6.44. The molecule has 4 aliphatic rings. The minimum Gasteiger partial charge on any atom is -0.135 e. The summed E-state index contributed by atoms with van der Waals surface area (Å²) in [5.41, 5.74) is 16.6. The van der Waals surface area contributed by atoms with Gasteiger partial charge in [-0.2, -0.15) is 0 Å². The van der Waals surface area contributed by atoms with Crippen LogP contribution in [-0.2, 0) is 0 Å². The summed E-state index contributed by atoms with van der Waals surface area (Å²) >= 11 is 1.93. The monoisotopic (exact) mass is 476 g/mol. The van der Waals surface area contributed by atoms with E-state index in [9.17, 15) is 0 Å². The van der Waals surface area contributed by atoms with Crippen molar-refractivity contribution in [3.05, 3.63) is 94.0 Å². The van der Waals surface area contributed by atoms with Crippen LogP contribution in [0.2, 0.25) is 0 Å². The fraction of sp³-hybridized carbons (Fsp3) is 0.294. The lowest BCUT2D eigenvalue weighted by Crippen LogP contribution is -1.84. The Balaban J connectivity index is 1.64. The first-order valence-corrected chi connectivity index (χ1v) is 13.7. The van der Waals surface area contributed by atoms with Crippen LogP contribution in [0.3, 0.4) is 0 Å². The quantitative estimate of drug-likeness (QED) is 0.242. The van der Waals surface area contributed by atoms with Gasteiger partial charge in [-0.25, -0.2) is 0 Å². The first-order valence-electron chi connectivity index (χ1n) is 12.8. The van der Waals surface area contributed by atoms with E-state index in [0.717, 1.165) is 0 Å². The van der Waals surface area contributed by atoms with Crippen LogP contribution in [0, 0.1) is 27.7 Å². The van der Waals surface area contributed by atoms with Crippen LogP contribution in [0.15, 0.2) is 60.7 Å². The molecule has 0 N–H and O–H groups in total. The molecule has 1 heterocycles. The summed E-state index contributed by atoms with van der Waals surface area (Å²) in [5, 5.41) is 0. The maximum atomic E-state index is 2.41. The van der Waals surface area contributed by atoms with Gasteiger partial charge in [0.15, 0.2) is 0 Å². The Kier molecular flexibility index (Phi) is 6.09. The Bertz CT molecular complexity index is 1370. The lowest BCUT2D eigenvalue weighted by Gasteiger charge is -2.04. The van der Waals surface area contributed by atoms with E-state index in [2.05, 4.69) is 116 Å². The van der Waals surface area contributed by atoms with E-state index in [4.69, 9.17) is 0 Å². The van der Waals surface area contributed by atoms with Gasteiger partial charge in [0.2, 0.25) is 0 Å². The summed E-state index contributed by atoms with van der Waals surface area (Å²) < 4.78 is 0. The normalized spacial score (nSPS) is 11.9. The van der Waals surface area contributed by atoms with Crippen molar-refractivity contribution in [1.82, 2.24) is 0 Å². The maximum absolute atomic E-state index is 2.41. The topological polar surface area (TPSA) is 0 Å². The molecule has 0 aliphatic heterocycles. The molecule has 0 amide bonds. The maximum Gasteiger partial charge on any atom is 0.0352 e. The Morgan fingerprint density at radius 1 is 0.457 bits per heavy atom. The number of hydrogen-bond acceptors (Lipinski definition) is 1. The molecule has 0 radical (unpaired) electrons. The Morgan fingerprint density at radius 2 is 0.857 bits per heavy atom. The van der Waals surface area contributed by atoms with Crippen LogP contribution < -0.4 is 0 Å². The molecule has 178 valence electrons. The highest BCUT2D eigenvalue weighted by atomic mass is 32.1. The van der Waals surface area contributed by atoms with E-state index >= 15 is 0 Å². The molecule has 0 nitrogen and oxygen atoms in total. The highest BCUT2D eigenvalue weighted by Crippen LogP contribution is 2.46. The van der Waals surface area contributed by atoms with Crippen LogP contribution in [-0.4, -0.2) is 0 Å². The van der Waals surface area contributed by atoms with Gasteiger partial charge in [0.25, 0.3) is 0 Å². The second kappa shape index (κ2) is 8.95. The van der Waals surface area contributed by atoms with Crippen molar-refractivity contribution in [2.24, 2.45) is 0 Å². The van der Waals surface area contributed by atoms with Crippen molar-refractivity contribution in [3.63, 3.8) is 0 Å². The van der Waals surface area contributed by atoms with Gasteiger partial charge in [0, 0.05) is 9.75 Å². The summed E-state index contributed by atoms with van der Waals surface area (Å²) in [6, 6.07) is 23.4. The minimum atomic E-state index is 0.520. The molecule has 1 heteroatoms. The van der Waals surface area contributed by atoms with Gasteiger partial charge in [0.1, 0.15) is 0 Å². The van der Waals surface area contributed by atoms with E-state index < -0.39 is 0 Å². The zero-order valence-corrected chi connectivity index (χ0v) is 23.2. The van der Waals surface area contributed by atoms with Gasteiger partial charge in [0.05, 0.1) is 0 Å². The van der Waals surface area contributed by atoms with Crippen molar-refractivity contribution in [2.45, 2.75) is 67.2 Å². The standard InChI is InChI=1S/C34H36S/c1-19(2)25-11-9-21(5)27-17-31(23(7)29(27)15-25)33-13-14-34(35-33)32-18-28-22(6)10-12-26(20(3)4)16-30(28)24(32)8/h9-20H,1-8H3. The second-order valence-electron chi connectivity index (χ2n) is 10.8. The zero-order valence-electron chi connectivity index (χ0n) is 22.3. The highest BCUT2D eigenvalue weighted by molar-refractivity contribution is 7.18. The average Bonchev–Trinajstić information content (AvgIpc) is 3.42. The second-order valence-corrected chi connectivity index (χ2v) is 11.9. The van der Waals surface area contributed by atoms with Gasteiger partial charge < -0.3 is 0 Å². The summed E-state index contributed by atoms with van der Waals surface area (Å²) in [4.78, 5) is 2.72. The summed E-state index contributed by atoms with van der Waals surface area (Å²) in [5.74, 6) is 1.04. The lowest BCUT2D eigenvalue weighted by molar-refractivity contribution is 0.868. The summed E-state index contributed by atoms with van der Waals surface area (Å²) in [7, 11) is 0. The third-order valence-electron chi connectivity index (χ3n) is 7.77. The summed E-state index contributed by atoms with van der Waals surface area (Å²) in [6.07, 6.45) is 0. The number of hydrogen-bond donors (Lipinski definition) is 0. The molecule has 35 heavy (non-hydrogen) atoms. The highest BCUT2D eigenvalue weighted by Gasteiger charge is 2.20. The van der Waals surface area contributed by atoms with Gasteiger partial charge in [-0.1, -0.05) is 64.1 Å². The third kappa shape index (κ3) is 4.10. The van der Waals surface area contributed by atoms with Gasteiger partial charge in [-0.05, 0) is 131 Å². The van der Waals surface area contributed by atoms with Crippen LogP contribution in [0.4, 0.5) is 0 Å². The average molecular weight is 477 g/mol. The Labute approximate surface area is 215 Å². The molecular formula is C34H36S. The Morgan fingerprint density at radius 3 is 1.23 bits per heavy atom. The lowest BCUT2D eigenvalue weighted by atomic mass is 10.0. The van der Waals surface area contributed by atoms with E-state index in [1.54, 1.807) is 0 Å². The molecule has 5 rings (SSSR count). The van der Waals surface area contributed by atoms with Crippen LogP contribution in [0.1, 0.15) is 72.9 Å². The van der Waals surface area contributed by atoms with Crippen molar-refractivity contribution >= 4 is 11.3 Å².